The molecule has 3 fully saturated rings. The van der Waals surface area contributed by atoms with Crippen molar-refractivity contribution in [3.8, 4) is 0 Å². The number of aliphatic hydroxyl groups is 1. The van der Waals surface area contributed by atoms with E-state index in [2.05, 4.69) is 27.4 Å². The number of ketones is 1. The zero-order valence-corrected chi connectivity index (χ0v) is 22.7. The first-order valence-corrected chi connectivity index (χ1v) is 13.5. The highest BCUT2D eigenvalue weighted by Gasteiger charge is 2.68. The van der Waals surface area contributed by atoms with Gasteiger partial charge in [-0.05, 0) is 66.7 Å². The predicted octanol–water partition coefficient (Wildman–Crippen LogP) is 5.29. The molecule has 0 saturated heterocycles. The molecule has 0 aliphatic heterocycles. The summed E-state index contributed by atoms with van der Waals surface area (Å²) in [4.78, 5) is 38.7. The molecule has 2 bridgehead atoms. The molecule has 1 aromatic carbocycles. The molecule has 0 spiro atoms. The number of esters is 2. The van der Waals surface area contributed by atoms with E-state index in [1.165, 1.54) is 36.4 Å². The summed E-state index contributed by atoms with van der Waals surface area (Å²) < 4.78 is 24.2. The molecule has 8 atom stereocenters. The van der Waals surface area contributed by atoms with Crippen molar-refractivity contribution >= 4 is 23.8 Å². The van der Waals surface area contributed by atoms with E-state index in [1.807, 2.05) is 6.92 Å². The van der Waals surface area contributed by atoms with Gasteiger partial charge in [0.25, 0.3) is 0 Å². The number of hydrogen-bond donors (Lipinski definition) is 1. The molecule has 4 rings (SSSR count). The van der Waals surface area contributed by atoms with E-state index in [0.717, 1.165) is 19.3 Å². The Labute approximate surface area is 224 Å². The number of hydrogen-bond acceptors (Lipinski definition) is 6. The maximum atomic E-state index is 13.4. The van der Waals surface area contributed by atoms with Crippen LogP contribution in [-0.4, -0.2) is 41.6 Å². The van der Waals surface area contributed by atoms with Crippen molar-refractivity contribution < 1.29 is 33.4 Å². The van der Waals surface area contributed by atoms with Gasteiger partial charge in [-0.1, -0.05) is 45.9 Å². The van der Waals surface area contributed by atoms with Crippen LogP contribution in [-0.2, 0) is 23.9 Å². The molecule has 1 aromatic rings. The van der Waals surface area contributed by atoms with E-state index >= 15 is 0 Å². The largest absolute Gasteiger partial charge is 0.459 e. The van der Waals surface area contributed by atoms with Gasteiger partial charge in [0.1, 0.15) is 17.7 Å². The molecular weight excluding hydrogens is 487 g/mol. The van der Waals surface area contributed by atoms with Gasteiger partial charge in [-0.15, -0.1) is 6.58 Å². The van der Waals surface area contributed by atoms with E-state index in [9.17, 15) is 23.9 Å². The van der Waals surface area contributed by atoms with Gasteiger partial charge in [-0.25, -0.2) is 14.0 Å². The van der Waals surface area contributed by atoms with Crippen molar-refractivity contribution in [2.24, 2.45) is 34.0 Å². The second-order valence-electron chi connectivity index (χ2n) is 12.1. The average Bonchev–Trinajstić information content (AvgIpc) is 3.25. The molecular formula is C31H39FO6. The van der Waals surface area contributed by atoms with Gasteiger partial charge in [0.05, 0.1) is 6.10 Å². The maximum Gasteiger partial charge on any atom is 0.344 e. The smallest absolute Gasteiger partial charge is 0.344 e. The van der Waals surface area contributed by atoms with Crippen LogP contribution in [0.4, 0.5) is 4.39 Å². The number of Topliss-reactive ketones (excluding diaryl/α,β-unsaturated/α-hetero) is 1. The molecule has 206 valence electrons. The first-order chi connectivity index (χ1) is 17.9. The minimum absolute atomic E-state index is 0.109. The third kappa shape index (κ3) is 4.74. The molecule has 38 heavy (non-hydrogen) atoms. The first kappa shape index (κ1) is 28.2. The van der Waals surface area contributed by atoms with Gasteiger partial charge < -0.3 is 14.6 Å². The van der Waals surface area contributed by atoms with Crippen LogP contribution < -0.4 is 0 Å². The fraction of sp³-hybridized carbons (Fsp3) is 0.581. The number of aliphatic hydroxyl groups excluding tert-OH is 1. The van der Waals surface area contributed by atoms with E-state index < -0.39 is 41.6 Å². The highest BCUT2D eigenvalue weighted by Crippen LogP contribution is 2.67. The van der Waals surface area contributed by atoms with Gasteiger partial charge in [0.2, 0.25) is 0 Å². The normalized spacial score (nSPS) is 38.7. The van der Waals surface area contributed by atoms with Crippen molar-refractivity contribution in [2.45, 2.75) is 72.0 Å². The van der Waals surface area contributed by atoms with Crippen LogP contribution in [0.2, 0.25) is 0 Å². The Kier molecular flexibility index (Phi) is 7.72. The second-order valence-corrected chi connectivity index (χ2v) is 12.1. The Morgan fingerprint density at radius 2 is 1.87 bits per heavy atom. The van der Waals surface area contributed by atoms with Crippen molar-refractivity contribution in [2.75, 3.05) is 6.61 Å². The van der Waals surface area contributed by atoms with Gasteiger partial charge in [-0.3, -0.25) is 4.79 Å². The Morgan fingerprint density at radius 1 is 1.18 bits per heavy atom. The summed E-state index contributed by atoms with van der Waals surface area (Å²) in [5.41, 5.74) is -1.11. The highest BCUT2D eigenvalue weighted by molar-refractivity contribution is 5.88. The Hall–Kier alpha value is -2.80. The highest BCUT2D eigenvalue weighted by atomic mass is 19.1. The maximum absolute atomic E-state index is 13.4. The first-order valence-electron chi connectivity index (χ1n) is 13.5. The molecule has 0 unspecified atom stereocenters. The quantitative estimate of drug-likeness (QED) is 0.308. The topological polar surface area (TPSA) is 89.9 Å². The molecule has 0 heterocycles. The fourth-order valence-electron chi connectivity index (χ4n) is 7.61. The zero-order chi connectivity index (χ0) is 27.9. The lowest BCUT2D eigenvalue weighted by molar-refractivity contribution is -0.208. The summed E-state index contributed by atoms with van der Waals surface area (Å²) in [6.07, 6.45) is 6.19. The molecule has 6 nitrogen and oxygen atoms in total. The molecule has 1 N–H and O–H groups in total. The molecule has 3 saturated carbocycles. The van der Waals surface area contributed by atoms with Crippen LogP contribution in [0, 0.1) is 39.8 Å². The molecule has 0 aromatic heterocycles. The summed E-state index contributed by atoms with van der Waals surface area (Å²) in [5.74, 6) is -1.96. The van der Waals surface area contributed by atoms with Gasteiger partial charge in [0.15, 0.2) is 6.61 Å². The molecule has 0 radical (unpaired) electrons. The number of halogens is 1. The lowest BCUT2D eigenvalue weighted by atomic mass is 9.44. The molecule has 0 amide bonds. The summed E-state index contributed by atoms with van der Waals surface area (Å²) in [6.45, 7) is 11.6. The minimum atomic E-state index is -0.748. The third-order valence-corrected chi connectivity index (χ3v) is 10.2. The Morgan fingerprint density at radius 3 is 2.53 bits per heavy atom. The lowest BCUT2D eigenvalue weighted by Crippen LogP contribution is -2.63. The van der Waals surface area contributed by atoms with E-state index in [1.54, 1.807) is 6.08 Å². The monoisotopic (exact) mass is 526 g/mol. The number of benzene rings is 1. The van der Waals surface area contributed by atoms with Crippen molar-refractivity contribution in [1.82, 2.24) is 0 Å². The molecule has 3 aliphatic carbocycles. The van der Waals surface area contributed by atoms with Crippen molar-refractivity contribution in [3.05, 3.63) is 54.4 Å². The lowest BCUT2D eigenvalue weighted by Gasteiger charge is -2.61. The SMILES string of the molecule is C=C[C@]1(C)C[C@@H](OC(=O)COC(=O)/C=C/c2ccc(F)cc2)[C@]2(C)[C@H](C)CC[C@]3(CCC(=O)[C@H]32)[C@@H](C)[C@@H]1O. The minimum Gasteiger partial charge on any atom is -0.459 e. The van der Waals surface area contributed by atoms with Crippen LogP contribution in [0.5, 0.6) is 0 Å². The Bertz CT molecular complexity index is 1130. The van der Waals surface area contributed by atoms with Crippen molar-refractivity contribution in [1.29, 1.82) is 0 Å². The van der Waals surface area contributed by atoms with E-state index in [-0.39, 0.29) is 34.8 Å². The van der Waals surface area contributed by atoms with Gasteiger partial charge >= 0.3 is 11.9 Å². The van der Waals surface area contributed by atoms with E-state index in [0.29, 0.717) is 18.4 Å². The zero-order valence-electron chi connectivity index (χ0n) is 22.7. The summed E-state index contributed by atoms with van der Waals surface area (Å²) >= 11 is 0. The number of rotatable bonds is 6. The van der Waals surface area contributed by atoms with Crippen LogP contribution in [0.15, 0.2) is 43.0 Å². The Balaban J connectivity index is 1.55. The van der Waals surface area contributed by atoms with Crippen molar-refractivity contribution in [3.63, 3.8) is 0 Å². The van der Waals surface area contributed by atoms with Crippen LogP contribution in [0.1, 0.15) is 65.4 Å². The number of carbonyl (C=O) groups excluding carboxylic acids is 3. The van der Waals surface area contributed by atoms with Crippen LogP contribution in [0.25, 0.3) is 6.08 Å². The molecule has 7 heteroatoms. The van der Waals surface area contributed by atoms with Crippen LogP contribution >= 0.6 is 0 Å². The third-order valence-electron chi connectivity index (χ3n) is 10.2. The summed E-state index contributed by atoms with van der Waals surface area (Å²) in [5, 5.41) is 11.6. The standard InChI is InChI=1S/C31H39FO6/c1-6-29(4)17-24(38-26(35)18-37-25(34)12-9-21-7-10-22(32)11-8-21)30(5)19(2)13-15-31(20(3)28(29)36)16-14-23(33)27(30)31/h6-12,19-20,24,27-28,36H,1,13-18H2,2-5H3/b12-9+/t19-,20+,24-,27+,28+,29-,30+,31+/m1/s1. The number of ether oxygens (including phenoxy) is 2. The summed E-state index contributed by atoms with van der Waals surface area (Å²) in [7, 11) is 0. The predicted molar refractivity (Wildman–Crippen MR) is 141 cm³/mol. The van der Waals surface area contributed by atoms with Gasteiger partial charge in [-0.2, -0.15) is 0 Å². The molecule has 3 aliphatic rings. The van der Waals surface area contributed by atoms with E-state index in [4.69, 9.17) is 9.47 Å². The van der Waals surface area contributed by atoms with Gasteiger partial charge in [0, 0.05) is 29.2 Å². The second kappa shape index (κ2) is 10.4. The number of carbonyl (C=O) groups is 3. The summed E-state index contributed by atoms with van der Waals surface area (Å²) in [6, 6.07) is 5.60. The fourth-order valence-corrected chi connectivity index (χ4v) is 7.61. The van der Waals surface area contributed by atoms with Crippen LogP contribution in [0.3, 0.4) is 0 Å². The average molecular weight is 527 g/mol.